The van der Waals surface area contributed by atoms with Gasteiger partial charge in [0, 0.05) is 19.6 Å². The van der Waals surface area contributed by atoms with Crippen molar-refractivity contribution in [1.82, 2.24) is 14.7 Å². The molecule has 108 valence electrons. The smallest absolute Gasteiger partial charge is 0.148 e. The Morgan fingerprint density at radius 1 is 1.42 bits per heavy atom. The molecule has 0 aliphatic carbocycles. The van der Waals surface area contributed by atoms with E-state index >= 15 is 0 Å². The Bertz CT molecular complexity index is 412. The summed E-state index contributed by atoms with van der Waals surface area (Å²) in [5.41, 5.74) is 8.07. The lowest BCUT2D eigenvalue weighted by Crippen LogP contribution is -2.42. The molecule has 1 aromatic rings. The van der Waals surface area contributed by atoms with Crippen LogP contribution in [-0.4, -0.2) is 40.4 Å². The van der Waals surface area contributed by atoms with Gasteiger partial charge in [-0.25, -0.2) is 0 Å². The maximum Gasteiger partial charge on any atom is 0.148 e. The van der Waals surface area contributed by atoms with Gasteiger partial charge in [-0.15, -0.1) is 0 Å². The molecule has 1 fully saturated rings. The fourth-order valence-electron chi connectivity index (χ4n) is 2.84. The highest BCUT2D eigenvalue weighted by molar-refractivity contribution is 5.65. The molecule has 0 bridgehead atoms. The molecule has 0 aromatic carbocycles. The minimum atomic E-state index is 0.487. The third kappa shape index (κ3) is 3.21. The van der Waals surface area contributed by atoms with Gasteiger partial charge in [-0.05, 0) is 32.4 Å². The molecule has 0 radical (unpaired) electrons. The molecular weight excluding hydrogens is 238 g/mol. The second kappa shape index (κ2) is 6.28. The first-order chi connectivity index (χ1) is 9.15. The fraction of sp³-hybridized carbons (Fsp3) is 0.786. The topological polar surface area (TPSA) is 59.1 Å². The summed E-state index contributed by atoms with van der Waals surface area (Å²) in [6, 6.07) is 0.487. The van der Waals surface area contributed by atoms with E-state index in [0.29, 0.717) is 6.04 Å². The first kappa shape index (κ1) is 14.2. The Labute approximate surface area is 116 Å². The Morgan fingerprint density at radius 3 is 2.89 bits per heavy atom. The van der Waals surface area contributed by atoms with Crippen LogP contribution in [0.25, 0.3) is 0 Å². The van der Waals surface area contributed by atoms with Crippen molar-refractivity contribution < 1.29 is 0 Å². The first-order valence-electron chi connectivity index (χ1n) is 7.45. The third-order valence-corrected chi connectivity index (χ3v) is 3.94. The molecule has 1 atom stereocenters. The highest BCUT2D eigenvalue weighted by atomic mass is 15.3. The van der Waals surface area contributed by atoms with E-state index < -0.39 is 0 Å². The van der Waals surface area contributed by atoms with Crippen molar-refractivity contribution in [2.45, 2.75) is 45.6 Å². The number of likely N-dealkylation sites (N-methyl/N-ethyl adjacent to an activating group) is 1. The fourth-order valence-corrected chi connectivity index (χ4v) is 2.84. The zero-order valence-corrected chi connectivity index (χ0v) is 12.4. The summed E-state index contributed by atoms with van der Waals surface area (Å²) in [4.78, 5) is 2.49. The third-order valence-electron chi connectivity index (χ3n) is 3.94. The summed E-state index contributed by atoms with van der Waals surface area (Å²) >= 11 is 0. The van der Waals surface area contributed by atoms with Crippen LogP contribution in [-0.2, 0) is 13.5 Å². The summed E-state index contributed by atoms with van der Waals surface area (Å²) < 4.78 is 1.89. The average molecular weight is 265 g/mol. The van der Waals surface area contributed by atoms with Crippen LogP contribution in [0.3, 0.4) is 0 Å². The van der Waals surface area contributed by atoms with Gasteiger partial charge in [-0.3, -0.25) is 4.68 Å². The molecule has 1 unspecified atom stereocenters. The van der Waals surface area contributed by atoms with Gasteiger partial charge in [0.2, 0.25) is 0 Å². The van der Waals surface area contributed by atoms with Crippen molar-refractivity contribution >= 4 is 11.5 Å². The maximum atomic E-state index is 6.22. The summed E-state index contributed by atoms with van der Waals surface area (Å²) in [5, 5.41) is 8.11. The van der Waals surface area contributed by atoms with Crippen LogP contribution in [0.15, 0.2) is 0 Å². The van der Waals surface area contributed by atoms with E-state index in [1.54, 1.807) is 0 Å². The molecule has 1 saturated heterocycles. The standard InChI is InChI=1S/C14H27N5/c1-4-7-12-13(15)14(18(3)17-12)16-11-8-6-9-19(5-2)10-11/h11,16H,4-10,15H2,1-3H3. The SMILES string of the molecule is CCCc1nn(C)c(NC2CCCN(CC)C2)c1N. The number of nitrogens with zero attached hydrogens (tertiary/aromatic N) is 3. The predicted octanol–water partition coefficient (Wildman–Crippen LogP) is 1.85. The molecule has 2 heterocycles. The van der Waals surface area contributed by atoms with E-state index in [1.807, 2.05) is 11.7 Å². The second-order valence-electron chi connectivity index (χ2n) is 5.46. The van der Waals surface area contributed by atoms with Crippen molar-refractivity contribution in [2.75, 3.05) is 30.7 Å². The molecule has 0 saturated carbocycles. The predicted molar refractivity (Wildman–Crippen MR) is 80.4 cm³/mol. The number of hydrogen-bond donors (Lipinski definition) is 2. The Morgan fingerprint density at radius 2 is 2.21 bits per heavy atom. The van der Waals surface area contributed by atoms with Crippen LogP contribution < -0.4 is 11.1 Å². The van der Waals surface area contributed by atoms with Gasteiger partial charge in [0.1, 0.15) is 5.82 Å². The van der Waals surface area contributed by atoms with E-state index in [-0.39, 0.29) is 0 Å². The van der Waals surface area contributed by atoms with Gasteiger partial charge in [0.15, 0.2) is 0 Å². The first-order valence-corrected chi connectivity index (χ1v) is 7.45. The van der Waals surface area contributed by atoms with E-state index in [1.165, 1.54) is 19.4 Å². The summed E-state index contributed by atoms with van der Waals surface area (Å²) in [6.07, 6.45) is 4.50. The van der Waals surface area contributed by atoms with Gasteiger partial charge in [-0.2, -0.15) is 5.10 Å². The molecule has 19 heavy (non-hydrogen) atoms. The number of likely N-dealkylation sites (tertiary alicyclic amines) is 1. The number of piperidine rings is 1. The monoisotopic (exact) mass is 265 g/mol. The van der Waals surface area contributed by atoms with Gasteiger partial charge in [-0.1, -0.05) is 20.3 Å². The lowest BCUT2D eigenvalue weighted by atomic mass is 10.1. The van der Waals surface area contributed by atoms with Gasteiger partial charge in [0.25, 0.3) is 0 Å². The molecule has 5 nitrogen and oxygen atoms in total. The molecule has 1 aliphatic rings. The number of aryl methyl sites for hydroxylation is 2. The molecular formula is C14H27N5. The van der Waals surface area contributed by atoms with Crippen molar-refractivity contribution in [3.63, 3.8) is 0 Å². The number of anilines is 2. The Kier molecular flexibility index (Phi) is 4.69. The minimum Gasteiger partial charge on any atom is -0.394 e. The lowest BCUT2D eigenvalue weighted by molar-refractivity contribution is 0.226. The number of nitrogen functional groups attached to an aromatic ring is 1. The maximum absolute atomic E-state index is 6.22. The zero-order valence-electron chi connectivity index (χ0n) is 12.4. The molecule has 0 amide bonds. The Balaban J connectivity index is 2.06. The summed E-state index contributed by atoms with van der Waals surface area (Å²) in [5.74, 6) is 0.992. The molecule has 2 rings (SSSR count). The molecule has 1 aromatic heterocycles. The number of nitrogens with one attached hydrogen (secondary N) is 1. The van der Waals surface area contributed by atoms with E-state index in [2.05, 4.69) is 29.2 Å². The highest BCUT2D eigenvalue weighted by Crippen LogP contribution is 2.25. The number of nitrogens with two attached hydrogens (primary N) is 1. The Hall–Kier alpha value is -1.23. The molecule has 3 N–H and O–H groups in total. The second-order valence-corrected chi connectivity index (χ2v) is 5.46. The number of aromatic nitrogens is 2. The normalized spacial score (nSPS) is 20.7. The summed E-state index contributed by atoms with van der Waals surface area (Å²) in [7, 11) is 1.97. The highest BCUT2D eigenvalue weighted by Gasteiger charge is 2.21. The number of hydrogen-bond acceptors (Lipinski definition) is 4. The average Bonchev–Trinajstić information content (AvgIpc) is 2.67. The zero-order chi connectivity index (χ0) is 13.8. The van der Waals surface area contributed by atoms with E-state index in [0.717, 1.165) is 43.1 Å². The van der Waals surface area contributed by atoms with Crippen LogP contribution in [0.1, 0.15) is 38.8 Å². The van der Waals surface area contributed by atoms with Gasteiger partial charge < -0.3 is 16.0 Å². The molecule has 5 heteroatoms. The van der Waals surface area contributed by atoms with E-state index in [9.17, 15) is 0 Å². The van der Waals surface area contributed by atoms with Crippen LogP contribution in [0.4, 0.5) is 11.5 Å². The lowest BCUT2D eigenvalue weighted by Gasteiger charge is -2.32. The van der Waals surface area contributed by atoms with Gasteiger partial charge >= 0.3 is 0 Å². The van der Waals surface area contributed by atoms with Crippen LogP contribution in [0, 0.1) is 0 Å². The van der Waals surface area contributed by atoms with Crippen molar-refractivity contribution in [3.05, 3.63) is 5.69 Å². The van der Waals surface area contributed by atoms with Crippen molar-refractivity contribution in [2.24, 2.45) is 7.05 Å². The summed E-state index contributed by atoms with van der Waals surface area (Å²) in [6.45, 7) is 7.82. The van der Waals surface area contributed by atoms with Crippen LogP contribution in [0.5, 0.6) is 0 Å². The van der Waals surface area contributed by atoms with E-state index in [4.69, 9.17) is 5.73 Å². The van der Waals surface area contributed by atoms with Crippen molar-refractivity contribution in [3.8, 4) is 0 Å². The quantitative estimate of drug-likeness (QED) is 0.853. The van der Waals surface area contributed by atoms with Crippen LogP contribution in [0.2, 0.25) is 0 Å². The van der Waals surface area contributed by atoms with Crippen molar-refractivity contribution in [1.29, 1.82) is 0 Å². The molecule has 1 aliphatic heterocycles. The largest absolute Gasteiger partial charge is 0.394 e. The van der Waals surface area contributed by atoms with Crippen LogP contribution >= 0.6 is 0 Å². The van der Waals surface area contributed by atoms with Gasteiger partial charge in [0.05, 0.1) is 11.4 Å². The minimum absolute atomic E-state index is 0.487. The number of rotatable bonds is 5. The molecule has 0 spiro atoms.